The van der Waals surface area contributed by atoms with Crippen LogP contribution < -0.4 is 5.73 Å². The molecule has 0 radical (unpaired) electrons. The lowest BCUT2D eigenvalue weighted by atomic mass is 10.7. The van der Waals surface area contributed by atoms with Gasteiger partial charge in [0.25, 0.3) is 0 Å². The van der Waals surface area contributed by atoms with Crippen LogP contribution in [0.25, 0.3) is 0 Å². The van der Waals surface area contributed by atoms with Crippen molar-refractivity contribution < 1.29 is 0 Å². The number of rotatable bonds is 2. The highest BCUT2D eigenvalue weighted by Gasteiger charge is 1.86. The van der Waals surface area contributed by atoms with Gasteiger partial charge in [0.15, 0.2) is 0 Å². The topological polar surface area (TPSA) is 26.0 Å². The van der Waals surface area contributed by atoms with Crippen LogP contribution in [0.5, 0.6) is 0 Å². The zero-order chi connectivity index (χ0) is 6.57. The summed E-state index contributed by atoms with van der Waals surface area (Å²) in [6, 6.07) is 0. The Morgan fingerprint density at radius 1 is 1.62 bits per heavy atom. The number of nitrogens with two attached hydrogens (primary N) is 1. The summed E-state index contributed by atoms with van der Waals surface area (Å²) in [5.41, 5.74) is 5.20. The largest absolute Gasteiger partial charge is 0.404 e. The highest BCUT2D eigenvalue weighted by Crippen LogP contribution is 2.20. The molecule has 0 aromatic heterocycles. The van der Waals surface area contributed by atoms with Crippen molar-refractivity contribution in [1.29, 1.82) is 0 Å². The zero-order valence-electron chi connectivity index (χ0n) is 5.27. The Kier molecular flexibility index (Phi) is 3.44. The molecule has 0 fully saturated rings. The van der Waals surface area contributed by atoms with Gasteiger partial charge < -0.3 is 5.73 Å². The second kappa shape index (κ2) is 3.61. The molecule has 0 heterocycles. The smallest absolute Gasteiger partial charge is 0.00352 e. The van der Waals surface area contributed by atoms with E-state index in [0.29, 0.717) is 0 Å². The minimum absolute atomic E-state index is 1.07. The summed E-state index contributed by atoms with van der Waals surface area (Å²) in [4.78, 5) is 2.17. The van der Waals surface area contributed by atoms with E-state index in [1.807, 2.05) is 13.8 Å². The minimum atomic E-state index is 1.07. The van der Waals surface area contributed by atoms with E-state index >= 15 is 0 Å². The van der Waals surface area contributed by atoms with Crippen molar-refractivity contribution in [3.8, 4) is 0 Å². The Balaban J connectivity index is 3.56. The van der Waals surface area contributed by atoms with Gasteiger partial charge >= 0.3 is 0 Å². The van der Waals surface area contributed by atoms with Gasteiger partial charge in [-0.25, -0.2) is 0 Å². The molecular formula is C6H11NS. The van der Waals surface area contributed by atoms with Crippen LogP contribution in [-0.2, 0) is 0 Å². The molecule has 0 saturated carbocycles. The van der Waals surface area contributed by atoms with Crippen LogP contribution in [0.4, 0.5) is 0 Å². The molecule has 1 nitrogen and oxygen atoms in total. The predicted octanol–water partition coefficient (Wildman–Crippen LogP) is 2.07. The minimum Gasteiger partial charge on any atom is -0.404 e. The lowest BCUT2D eigenvalue weighted by molar-refractivity contribution is 1.52. The van der Waals surface area contributed by atoms with Gasteiger partial charge in [-0.3, -0.25) is 0 Å². The summed E-state index contributed by atoms with van der Waals surface area (Å²) < 4.78 is 0. The molecule has 46 valence electrons. The van der Waals surface area contributed by atoms with Gasteiger partial charge in [-0.2, -0.15) is 0 Å². The zero-order valence-corrected chi connectivity index (χ0v) is 6.09. The first-order valence-corrected chi connectivity index (χ1v) is 3.20. The second-order valence-electron chi connectivity index (χ2n) is 1.58. The molecule has 0 aliphatic carbocycles. The fourth-order valence-electron chi connectivity index (χ4n) is 0.309. The third-order valence-electron chi connectivity index (χ3n) is 0.570. The third-order valence-corrected chi connectivity index (χ3v) is 1.38. The summed E-state index contributed by atoms with van der Waals surface area (Å²) in [7, 11) is 0. The molecule has 2 heteroatoms. The molecule has 0 rings (SSSR count). The molecule has 8 heavy (non-hydrogen) atoms. The first-order chi connectivity index (χ1) is 3.66. The van der Waals surface area contributed by atoms with Gasteiger partial charge in [-0.1, -0.05) is 18.3 Å². The summed E-state index contributed by atoms with van der Waals surface area (Å²) in [6.45, 7) is 7.62. The summed E-state index contributed by atoms with van der Waals surface area (Å²) in [5.74, 6) is 0. The number of hydrogen-bond acceptors (Lipinski definition) is 2. The molecular weight excluding hydrogens is 118 g/mol. The van der Waals surface area contributed by atoms with Crippen molar-refractivity contribution in [3.63, 3.8) is 0 Å². The van der Waals surface area contributed by atoms with Crippen LogP contribution in [0.3, 0.4) is 0 Å². The summed E-state index contributed by atoms with van der Waals surface area (Å²) in [5, 5.41) is 0. The normalized spacial score (nSPS) is 11.5. The van der Waals surface area contributed by atoms with Crippen LogP contribution in [0, 0.1) is 0 Å². The van der Waals surface area contributed by atoms with Crippen LogP contribution in [0.2, 0.25) is 0 Å². The first-order valence-electron chi connectivity index (χ1n) is 2.38. The molecule has 0 amide bonds. The standard InChI is InChI=1S/C6H11NS/c1-5(2)8-6(3)4-7/h4H,1,7H2,2-3H3/b6-4-. The van der Waals surface area contributed by atoms with Gasteiger partial charge in [-0.05, 0) is 18.8 Å². The lowest BCUT2D eigenvalue weighted by Gasteiger charge is -1.94. The molecule has 0 aliphatic rings. The van der Waals surface area contributed by atoms with Crippen molar-refractivity contribution in [3.05, 3.63) is 22.6 Å². The maximum Gasteiger partial charge on any atom is 0.00352 e. The Morgan fingerprint density at radius 3 is 2.25 bits per heavy atom. The van der Waals surface area contributed by atoms with Gasteiger partial charge in [0, 0.05) is 11.1 Å². The van der Waals surface area contributed by atoms with Crippen LogP contribution in [0.15, 0.2) is 22.6 Å². The molecule has 0 spiro atoms. The van der Waals surface area contributed by atoms with E-state index in [1.165, 1.54) is 0 Å². The molecule has 0 aromatic rings. The summed E-state index contributed by atoms with van der Waals surface area (Å²) >= 11 is 1.60. The maximum absolute atomic E-state index is 5.20. The van der Waals surface area contributed by atoms with Crippen LogP contribution >= 0.6 is 11.8 Å². The molecule has 0 unspecified atom stereocenters. The summed E-state index contributed by atoms with van der Waals surface area (Å²) in [6.07, 6.45) is 1.58. The number of allylic oxidation sites excluding steroid dienone is 2. The van der Waals surface area contributed by atoms with Gasteiger partial charge in [0.2, 0.25) is 0 Å². The number of thioether (sulfide) groups is 1. The van der Waals surface area contributed by atoms with E-state index < -0.39 is 0 Å². The van der Waals surface area contributed by atoms with Crippen LogP contribution in [-0.4, -0.2) is 0 Å². The third kappa shape index (κ3) is 3.81. The van der Waals surface area contributed by atoms with Gasteiger partial charge in [0.05, 0.1) is 0 Å². The van der Waals surface area contributed by atoms with E-state index in [-0.39, 0.29) is 0 Å². The van der Waals surface area contributed by atoms with E-state index in [9.17, 15) is 0 Å². The van der Waals surface area contributed by atoms with Crippen LogP contribution in [0.1, 0.15) is 13.8 Å². The predicted molar refractivity (Wildman–Crippen MR) is 40.3 cm³/mol. The first kappa shape index (κ1) is 7.63. The second-order valence-corrected chi connectivity index (χ2v) is 3.13. The average molecular weight is 129 g/mol. The fourth-order valence-corrected chi connectivity index (χ4v) is 0.927. The highest BCUT2D eigenvalue weighted by atomic mass is 32.2. The fraction of sp³-hybridized carbons (Fsp3) is 0.333. The quantitative estimate of drug-likeness (QED) is 0.617. The van der Waals surface area contributed by atoms with Gasteiger partial charge in [0.1, 0.15) is 0 Å². The van der Waals surface area contributed by atoms with Crippen molar-refractivity contribution in [2.75, 3.05) is 0 Å². The monoisotopic (exact) mass is 129 g/mol. The number of hydrogen-bond donors (Lipinski definition) is 1. The Morgan fingerprint density at radius 2 is 2.12 bits per heavy atom. The Hall–Kier alpha value is -0.370. The van der Waals surface area contributed by atoms with Crippen molar-refractivity contribution in [1.82, 2.24) is 0 Å². The molecule has 0 aliphatic heterocycles. The van der Waals surface area contributed by atoms with Crippen molar-refractivity contribution >= 4 is 11.8 Å². The molecule has 0 aromatic carbocycles. The Bertz CT molecular complexity index is 116. The average Bonchev–Trinajstić information content (AvgIpc) is 1.65. The van der Waals surface area contributed by atoms with E-state index in [4.69, 9.17) is 5.73 Å². The van der Waals surface area contributed by atoms with E-state index in [2.05, 4.69) is 6.58 Å². The van der Waals surface area contributed by atoms with Crippen molar-refractivity contribution in [2.45, 2.75) is 13.8 Å². The van der Waals surface area contributed by atoms with E-state index in [0.717, 1.165) is 9.81 Å². The highest BCUT2D eigenvalue weighted by molar-refractivity contribution is 8.06. The van der Waals surface area contributed by atoms with Gasteiger partial charge in [-0.15, -0.1) is 0 Å². The maximum atomic E-state index is 5.20. The molecule has 0 bridgehead atoms. The SMILES string of the molecule is C=C(C)S/C(C)=C\N. The van der Waals surface area contributed by atoms with E-state index in [1.54, 1.807) is 18.0 Å². The van der Waals surface area contributed by atoms with Crippen molar-refractivity contribution in [2.24, 2.45) is 5.73 Å². The Labute approximate surface area is 54.6 Å². The molecule has 0 atom stereocenters. The lowest BCUT2D eigenvalue weighted by Crippen LogP contribution is -1.78. The molecule has 2 N–H and O–H groups in total. The molecule has 0 saturated heterocycles.